The normalized spacial score (nSPS) is 17.9. The second-order valence-corrected chi connectivity index (χ2v) is 29.7. The van der Waals surface area contributed by atoms with Gasteiger partial charge in [0.25, 0.3) is 0 Å². The number of aryl methyl sites for hydroxylation is 3. The molecule has 14 rings (SSSR count). The molecule has 3 aliphatic heterocycles. The third-order valence-corrected chi connectivity index (χ3v) is 20.9. The molecule has 8 heterocycles. The van der Waals surface area contributed by atoms with Gasteiger partial charge in [0, 0.05) is 48.9 Å². The van der Waals surface area contributed by atoms with Crippen molar-refractivity contribution in [3.63, 3.8) is 0 Å². The SMILES string of the molecule is CN(C)Cc1c(OCC2CC2)ccc2c(CCC3CCN(Cc4ccsc4)CC3)noc12.CN(C)Cc1c(OCC2CC2)ccc2c(CCC3CCN(Cc4ccsc4)CC3)noc12.CN(C)Cc1c(OCC2CC2)ccc2c(CCC3CCNCC3)noc12.Cl.Cl. The Bertz CT molecular complexity index is 3300. The highest BCUT2D eigenvalue weighted by Crippen LogP contribution is 2.39. The van der Waals surface area contributed by atoms with Crippen molar-refractivity contribution in [3.05, 3.63) is 115 Å². The molecule has 3 aliphatic carbocycles. The van der Waals surface area contributed by atoms with Crippen LogP contribution >= 0.6 is 47.5 Å². The van der Waals surface area contributed by atoms with Gasteiger partial charge in [-0.05, 0) is 314 Å². The average Bonchev–Trinajstić information content (AvgIpc) is 1.68. The number of benzene rings is 3. The van der Waals surface area contributed by atoms with Crippen molar-refractivity contribution in [2.24, 2.45) is 35.5 Å². The summed E-state index contributed by atoms with van der Waals surface area (Å²) in [5.74, 6) is 7.46. The molecule has 6 aliphatic rings. The molecule has 0 amide bonds. The Labute approximate surface area is 567 Å². The topological polar surface area (TPSA) is 134 Å². The number of fused-ring (bicyclic) bond motifs is 3. The van der Waals surface area contributed by atoms with Gasteiger partial charge in [0.05, 0.1) is 53.6 Å². The Balaban J connectivity index is 0.000000151. The number of thiophene rings is 2. The molecule has 502 valence electrons. The minimum atomic E-state index is 0. The molecule has 15 nitrogen and oxygen atoms in total. The third-order valence-electron chi connectivity index (χ3n) is 19.5. The lowest BCUT2D eigenvalue weighted by Gasteiger charge is -2.31. The van der Waals surface area contributed by atoms with Crippen LogP contribution in [0.2, 0.25) is 0 Å². The molecule has 3 saturated carbocycles. The predicted octanol–water partition coefficient (Wildman–Crippen LogP) is 15.6. The number of aromatic nitrogens is 3. The lowest BCUT2D eigenvalue weighted by atomic mass is 9.91. The molecule has 1 N–H and O–H groups in total. The number of halogens is 2. The number of nitrogens with zero attached hydrogens (tertiary/aromatic N) is 8. The number of rotatable bonds is 28. The van der Waals surface area contributed by atoms with Crippen molar-refractivity contribution < 1.29 is 27.8 Å². The molecular formula is C73H103Cl2N9O6S2. The lowest BCUT2D eigenvalue weighted by Crippen LogP contribution is -2.33. The molecule has 0 atom stereocenters. The van der Waals surface area contributed by atoms with Gasteiger partial charge in [-0.25, -0.2) is 0 Å². The maximum absolute atomic E-state index is 6.16. The predicted molar refractivity (Wildman–Crippen MR) is 379 cm³/mol. The van der Waals surface area contributed by atoms with Crippen LogP contribution in [0.15, 0.2) is 83.6 Å². The van der Waals surface area contributed by atoms with E-state index in [0.717, 1.165) is 204 Å². The van der Waals surface area contributed by atoms with Crippen LogP contribution in [0.5, 0.6) is 17.2 Å². The number of likely N-dealkylation sites (tertiary alicyclic amines) is 2. The molecule has 5 aromatic heterocycles. The van der Waals surface area contributed by atoms with Crippen molar-refractivity contribution >= 4 is 80.4 Å². The van der Waals surface area contributed by atoms with Gasteiger partial charge in [-0.2, -0.15) is 22.7 Å². The van der Waals surface area contributed by atoms with E-state index in [-0.39, 0.29) is 24.8 Å². The first-order valence-corrected chi connectivity index (χ1v) is 36.1. The highest BCUT2D eigenvalue weighted by molar-refractivity contribution is 7.08. The summed E-state index contributed by atoms with van der Waals surface area (Å²) in [5, 5.41) is 29.3. The zero-order valence-electron chi connectivity index (χ0n) is 55.7. The Hall–Kier alpha value is -4.79. The fourth-order valence-corrected chi connectivity index (χ4v) is 14.8. The Kier molecular flexibility index (Phi) is 26.1. The summed E-state index contributed by atoms with van der Waals surface area (Å²) >= 11 is 3.59. The zero-order valence-corrected chi connectivity index (χ0v) is 58.9. The van der Waals surface area contributed by atoms with Gasteiger partial charge in [0.1, 0.15) is 17.2 Å². The molecule has 19 heteroatoms. The number of hydrogen-bond acceptors (Lipinski definition) is 17. The molecule has 3 saturated heterocycles. The van der Waals surface area contributed by atoms with E-state index in [1.165, 1.54) is 134 Å². The summed E-state index contributed by atoms with van der Waals surface area (Å²) in [6.07, 6.45) is 22.0. The third kappa shape index (κ3) is 19.9. The Morgan fingerprint density at radius 3 is 1.05 bits per heavy atom. The Morgan fingerprint density at radius 2 is 0.761 bits per heavy atom. The highest BCUT2D eigenvalue weighted by atomic mass is 35.5. The highest BCUT2D eigenvalue weighted by Gasteiger charge is 2.29. The van der Waals surface area contributed by atoms with Crippen molar-refractivity contribution in [1.82, 2.24) is 45.3 Å². The summed E-state index contributed by atoms with van der Waals surface area (Å²) in [6, 6.07) is 17.3. The van der Waals surface area contributed by atoms with Crippen LogP contribution in [0.3, 0.4) is 0 Å². The second kappa shape index (κ2) is 34.2. The van der Waals surface area contributed by atoms with Gasteiger partial charge in [-0.3, -0.25) is 9.80 Å². The van der Waals surface area contributed by atoms with Gasteiger partial charge in [0.15, 0.2) is 16.7 Å². The minimum absolute atomic E-state index is 0. The maximum Gasteiger partial charge on any atom is 0.175 e. The summed E-state index contributed by atoms with van der Waals surface area (Å²) < 4.78 is 36.0. The molecule has 0 unspecified atom stereocenters. The van der Waals surface area contributed by atoms with Gasteiger partial charge in [0.2, 0.25) is 0 Å². The van der Waals surface area contributed by atoms with Crippen LogP contribution in [0, 0.1) is 35.5 Å². The first-order chi connectivity index (χ1) is 44.0. The second-order valence-electron chi connectivity index (χ2n) is 28.1. The fraction of sp³-hybridized carbons (Fsp3) is 0.603. The standard InChI is InChI=1S/2C26H35N3O2S.C21H31N3O2.2ClH/c2*1-28(2)16-23-25(30-17-20-3-4-20)8-6-22-24(27-31-26(22)23)7-5-19-9-12-29(13-10-19)15-21-11-14-32-18-21;1-24(2)13-18-20(25-14-16-3-4-16)8-6-17-19(23-26-21(17)18)7-5-15-9-11-22-12-10-15;;/h2*6,8,11,14,18-20H,3-5,7,9-10,12-13,15-17H2,1-2H3;6,8,15-16,22H,3-5,7,9-14H2,1-2H3;2*1H. The van der Waals surface area contributed by atoms with Crippen LogP contribution in [0.25, 0.3) is 32.9 Å². The van der Waals surface area contributed by atoms with Crippen LogP contribution in [0.4, 0.5) is 0 Å². The number of piperidine rings is 3. The molecule has 0 bridgehead atoms. The fourth-order valence-electron chi connectivity index (χ4n) is 13.4. The molecule has 0 spiro atoms. The van der Waals surface area contributed by atoms with E-state index in [9.17, 15) is 0 Å². The quantitative estimate of drug-likeness (QED) is 0.0498. The average molecular weight is 1340 g/mol. The zero-order chi connectivity index (χ0) is 61.8. The first kappa shape index (κ1) is 70.0. The lowest BCUT2D eigenvalue weighted by molar-refractivity contribution is 0.172. The largest absolute Gasteiger partial charge is 0.493 e. The maximum atomic E-state index is 6.16. The molecule has 8 aromatic rings. The number of nitrogens with one attached hydrogen (secondary N) is 1. The summed E-state index contributed by atoms with van der Waals surface area (Å²) in [4.78, 5) is 11.7. The Morgan fingerprint density at radius 1 is 0.435 bits per heavy atom. The summed E-state index contributed by atoms with van der Waals surface area (Å²) in [7, 11) is 12.5. The van der Waals surface area contributed by atoms with Gasteiger partial charge in [-0.1, -0.05) is 15.5 Å². The van der Waals surface area contributed by atoms with Crippen molar-refractivity contribution in [2.75, 3.05) is 101 Å². The van der Waals surface area contributed by atoms with Crippen molar-refractivity contribution in [2.45, 2.75) is 148 Å². The first-order valence-electron chi connectivity index (χ1n) is 34.2. The minimum Gasteiger partial charge on any atom is -0.493 e. The van der Waals surface area contributed by atoms with E-state index >= 15 is 0 Å². The van der Waals surface area contributed by atoms with Crippen LogP contribution in [0.1, 0.15) is 141 Å². The van der Waals surface area contributed by atoms with Crippen LogP contribution < -0.4 is 19.5 Å². The molecule has 3 aromatic carbocycles. The van der Waals surface area contributed by atoms with Crippen LogP contribution in [-0.2, 0) is 52.0 Å². The van der Waals surface area contributed by atoms with E-state index in [1.807, 2.05) is 0 Å². The molecule has 92 heavy (non-hydrogen) atoms. The molecule has 0 radical (unpaired) electrons. The summed E-state index contributed by atoms with van der Waals surface area (Å²) in [6.45, 7) is 14.2. The van der Waals surface area contributed by atoms with E-state index in [0.29, 0.717) is 0 Å². The van der Waals surface area contributed by atoms with E-state index in [2.05, 4.69) is 158 Å². The van der Waals surface area contributed by atoms with Gasteiger partial charge >= 0.3 is 0 Å². The van der Waals surface area contributed by atoms with E-state index < -0.39 is 0 Å². The van der Waals surface area contributed by atoms with Crippen LogP contribution in [-0.4, -0.2) is 141 Å². The smallest absolute Gasteiger partial charge is 0.175 e. The van der Waals surface area contributed by atoms with Crippen molar-refractivity contribution in [3.8, 4) is 17.2 Å². The van der Waals surface area contributed by atoms with E-state index in [1.54, 1.807) is 22.7 Å². The molecule has 6 fully saturated rings. The van der Waals surface area contributed by atoms with Crippen molar-refractivity contribution in [1.29, 1.82) is 0 Å². The van der Waals surface area contributed by atoms with E-state index in [4.69, 9.17) is 27.8 Å². The monoisotopic (exact) mass is 1340 g/mol. The van der Waals surface area contributed by atoms with Gasteiger partial charge < -0.3 is 47.8 Å². The summed E-state index contributed by atoms with van der Waals surface area (Å²) in [5.41, 5.74) is 12.4. The number of hydrogen-bond donors (Lipinski definition) is 1. The number of ether oxygens (including phenoxy) is 3. The molecular weight excluding hydrogens is 1230 g/mol. The van der Waals surface area contributed by atoms with Gasteiger partial charge in [-0.15, -0.1) is 24.8 Å².